The number of aryl methyl sites for hydroxylation is 1. The van der Waals surface area contributed by atoms with E-state index >= 15 is 0 Å². The van der Waals surface area contributed by atoms with Gasteiger partial charge >= 0.3 is 0 Å². The van der Waals surface area contributed by atoms with Crippen molar-refractivity contribution in [3.05, 3.63) is 77.4 Å². The minimum Gasteiger partial charge on any atom is -0.368 e. The van der Waals surface area contributed by atoms with Gasteiger partial charge in [0.2, 0.25) is 15.9 Å². The Bertz CT molecular complexity index is 1420. The van der Waals surface area contributed by atoms with Crippen LogP contribution in [0.4, 0.5) is 10.1 Å². The largest absolute Gasteiger partial charge is 0.368 e. The molecule has 0 bridgehead atoms. The zero-order valence-electron chi connectivity index (χ0n) is 21.3. The van der Waals surface area contributed by atoms with E-state index in [2.05, 4.69) is 22.2 Å². The second kappa shape index (κ2) is 11.1. The molecular weight excluding hydrogens is 507 g/mol. The Hall–Kier alpha value is -3.50. The van der Waals surface area contributed by atoms with Crippen LogP contribution in [0.2, 0.25) is 0 Å². The number of benzene rings is 2. The predicted molar refractivity (Wildman–Crippen MR) is 143 cm³/mol. The van der Waals surface area contributed by atoms with E-state index in [4.69, 9.17) is 4.52 Å². The molecular formula is C28H31FN4O4S. The molecule has 0 spiro atoms. The van der Waals surface area contributed by atoms with Crippen molar-refractivity contribution in [2.45, 2.75) is 24.7 Å². The minimum absolute atomic E-state index is 0.000626. The van der Waals surface area contributed by atoms with Crippen molar-refractivity contribution in [2.75, 3.05) is 44.2 Å². The topological polar surface area (TPSA) is 87.0 Å². The van der Waals surface area contributed by atoms with Crippen LogP contribution in [0.5, 0.6) is 0 Å². The molecule has 2 aromatic carbocycles. The van der Waals surface area contributed by atoms with Crippen LogP contribution in [0.3, 0.4) is 0 Å². The van der Waals surface area contributed by atoms with Gasteiger partial charge in [-0.25, -0.2) is 12.8 Å². The number of para-hydroxylation sites is 1. The molecule has 0 radical (unpaired) electrons. The van der Waals surface area contributed by atoms with Gasteiger partial charge < -0.3 is 14.3 Å². The number of halogens is 1. The maximum Gasteiger partial charge on any atom is 0.248 e. The van der Waals surface area contributed by atoms with Crippen LogP contribution in [0.15, 0.2) is 64.0 Å². The summed E-state index contributed by atoms with van der Waals surface area (Å²) in [7, 11) is -3.98. The smallest absolute Gasteiger partial charge is 0.248 e. The van der Waals surface area contributed by atoms with Crippen LogP contribution in [0.25, 0.3) is 12.2 Å². The van der Waals surface area contributed by atoms with E-state index < -0.39 is 21.8 Å². The number of amides is 1. The molecule has 1 atom stereocenters. The number of carbonyl (C=O) groups excluding carboxylic acids is 1. The molecule has 200 valence electrons. The third-order valence-corrected chi connectivity index (χ3v) is 9.22. The lowest BCUT2D eigenvalue weighted by Gasteiger charge is -2.39. The normalized spacial score (nSPS) is 19.3. The zero-order chi connectivity index (χ0) is 26.7. The molecule has 3 aromatic rings. The SMILES string of the molecule is Cc1noc(/C=C/c2ccccc2F)c1S(=O)(=O)N1CCC[C@@H](C(=O)N2CCN(c3ccccc3)CC2)C1. The van der Waals surface area contributed by atoms with E-state index in [0.29, 0.717) is 38.0 Å². The number of anilines is 1. The first-order valence-corrected chi connectivity index (χ1v) is 14.3. The lowest BCUT2D eigenvalue weighted by atomic mass is 9.97. The standard InChI is InChI=1S/C28H31FN4O4S/c1-21-27(26(37-30-21)14-13-22-8-5-6-12-25(22)29)38(35,36)33-15-7-9-23(20-33)28(34)32-18-16-31(17-19-32)24-10-3-2-4-11-24/h2-6,8,10-14,23H,7,9,15-20H2,1H3/b14-13+/t23-/m1/s1. The Balaban J connectivity index is 1.28. The molecule has 2 saturated heterocycles. The first-order chi connectivity index (χ1) is 18.3. The van der Waals surface area contributed by atoms with Crippen LogP contribution < -0.4 is 4.90 Å². The third-order valence-electron chi connectivity index (χ3n) is 7.20. The molecule has 8 nitrogen and oxygen atoms in total. The molecule has 0 aliphatic carbocycles. The highest BCUT2D eigenvalue weighted by atomic mass is 32.2. The van der Waals surface area contributed by atoms with Crippen molar-refractivity contribution in [3.8, 4) is 0 Å². The molecule has 0 saturated carbocycles. The summed E-state index contributed by atoms with van der Waals surface area (Å²) in [5.41, 5.74) is 1.67. The Morgan fingerprint density at radius 1 is 1.00 bits per heavy atom. The number of piperidine rings is 1. The third kappa shape index (κ3) is 5.37. The van der Waals surface area contributed by atoms with Gasteiger partial charge in [-0.2, -0.15) is 4.31 Å². The zero-order valence-corrected chi connectivity index (χ0v) is 22.1. The van der Waals surface area contributed by atoms with Gasteiger partial charge in [0.15, 0.2) is 10.7 Å². The Morgan fingerprint density at radius 3 is 2.45 bits per heavy atom. The molecule has 0 unspecified atom stereocenters. The second-order valence-corrected chi connectivity index (χ2v) is 11.5. The molecule has 2 aliphatic rings. The summed E-state index contributed by atoms with van der Waals surface area (Å²) in [5, 5.41) is 3.87. The fraction of sp³-hybridized carbons (Fsp3) is 0.357. The van der Waals surface area contributed by atoms with E-state index in [1.807, 2.05) is 23.1 Å². The number of piperazine rings is 1. The summed E-state index contributed by atoms with van der Waals surface area (Å²) in [6.45, 7) is 4.68. The fourth-order valence-electron chi connectivity index (χ4n) is 5.15. The van der Waals surface area contributed by atoms with Crippen molar-refractivity contribution in [1.29, 1.82) is 0 Å². The molecule has 10 heteroatoms. The van der Waals surface area contributed by atoms with Crippen molar-refractivity contribution in [3.63, 3.8) is 0 Å². The van der Waals surface area contributed by atoms with Gasteiger partial charge in [0, 0.05) is 50.5 Å². The highest BCUT2D eigenvalue weighted by Gasteiger charge is 2.38. The van der Waals surface area contributed by atoms with E-state index in [9.17, 15) is 17.6 Å². The van der Waals surface area contributed by atoms with Crippen molar-refractivity contribution in [2.24, 2.45) is 5.92 Å². The van der Waals surface area contributed by atoms with E-state index in [1.165, 1.54) is 22.5 Å². The van der Waals surface area contributed by atoms with E-state index in [0.717, 1.165) is 18.8 Å². The molecule has 5 rings (SSSR count). The first kappa shape index (κ1) is 26.1. The number of nitrogens with zero attached hydrogens (tertiary/aromatic N) is 4. The summed E-state index contributed by atoms with van der Waals surface area (Å²) in [4.78, 5) is 17.5. The lowest BCUT2D eigenvalue weighted by Crippen LogP contribution is -2.53. The van der Waals surface area contributed by atoms with E-state index in [1.54, 1.807) is 25.1 Å². The van der Waals surface area contributed by atoms with Crippen LogP contribution in [0.1, 0.15) is 29.9 Å². The fourth-order valence-corrected chi connectivity index (χ4v) is 6.92. The Kier molecular flexibility index (Phi) is 7.62. The van der Waals surface area contributed by atoms with Gasteiger partial charge in [-0.05, 0) is 50.1 Å². The molecule has 3 heterocycles. The van der Waals surface area contributed by atoms with Gasteiger partial charge in [0.1, 0.15) is 11.5 Å². The molecule has 2 aliphatic heterocycles. The molecule has 2 fully saturated rings. The first-order valence-electron chi connectivity index (χ1n) is 12.8. The van der Waals surface area contributed by atoms with Gasteiger partial charge in [-0.15, -0.1) is 0 Å². The van der Waals surface area contributed by atoms with E-state index in [-0.39, 0.29) is 28.8 Å². The maximum absolute atomic E-state index is 14.0. The van der Waals surface area contributed by atoms with Crippen LogP contribution in [-0.4, -0.2) is 68.0 Å². The summed E-state index contributed by atoms with van der Waals surface area (Å²) in [6, 6.07) is 16.3. The number of aromatic nitrogens is 1. The summed E-state index contributed by atoms with van der Waals surface area (Å²) in [5.74, 6) is -0.790. The van der Waals surface area contributed by atoms with Gasteiger partial charge in [0.05, 0.1) is 5.92 Å². The summed E-state index contributed by atoms with van der Waals surface area (Å²) < 4.78 is 48.1. The minimum atomic E-state index is -3.98. The second-order valence-electron chi connectivity index (χ2n) is 9.67. The number of sulfonamides is 1. The Labute approximate surface area is 222 Å². The van der Waals surface area contributed by atoms with Crippen LogP contribution in [-0.2, 0) is 14.8 Å². The summed E-state index contributed by atoms with van der Waals surface area (Å²) >= 11 is 0. The number of hydrogen-bond acceptors (Lipinski definition) is 6. The molecule has 38 heavy (non-hydrogen) atoms. The molecule has 1 aromatic heterocycles. The summed E-state index contributed by atoms with van der Waals surface area (Å²) in [6.07, 6.45) is 4.12. The lowest BCUT2D eigenvalue weighted by molar-refractivity contribution is -0.137. The number of rotatable bonds is 6. The monoisotopic (exact) mass is 538 g/mol. The van der Waals surface area contributed by atoms with Crippen LogP contribution >= 0.6 is 0 Å². The number of hydrogen-bond donors (Lipinski definition) is 0. The number of carbonyl (C=O) groups is 1. The predicted octanol–water partition coefficient (Wildman–Crippen LogP) is 4.04. The molecule has 0 N–H and O–H groups in total. The highest BCUT2D eigenvalue weighted by molar-refractivity contribution is 7.89. The van der Waals surface area contributed by atoms with Gasteiger partial charge in [-0.3, -0.25) is 4.79 Å². The van der Waals surface area contributed by atoms with Crippen LogP contribution in [0, 0.1) is 18.7 Å². The highest BCUT2D eigenvalue weighted by Crippen LogP contribution is 2.30. The maximum atomic E-state index is 14.0. The quantitative estimate of drug-likeness (QED) is 0.471. The van der Waals surface area contributed by atoms with Gasteiger partial charge in [-0.1, -0.05) is 41.6 Å². The Morgan fingerprint density at radius 2 is 1.71 bits per heavy atom. The van der Waals surface area contributed by atoms with Gasteiger partial charge in [0.25, 0.3) is 0 Å². The average Bonchev–Trinajstić information content (AvgIpc) is 3.33. The average molecular weight is 539 g/mol. The molecule has 1 amide bonds. The van der Waals surface area contributed by atoms with Crippen molar-refractivity contribution in [1.82, 2.24) is 14.4 Å². The van der Waals surface area contributed by atoms with Crippen molar-refractivity contribution >= 4 is 33.8 Å². The van der Waals surface area contributed by atoms with Crippen molar-refractivity contribution < 1.29 is 22.1 Å².